The molecule has 1 aliphatic carbocycles. The van der Waals surface area contributed by atoms with Gasteiger partial charge in [-0.15, -0.1) is 0 Å². The third kappa shape index (κ3) is 3.02. The molecule has 2 aromatic carbocycles. The highest BCUT2D eigenvalue weighted by Crippen LogP contribution is 2.42. The van der Waals surface area contributed by atoms with Crippen molar-refractivity contribution in [2.75, 3.05) is 0 Å². The van der Waals surface area contributed by atoms with Gasteiger partial charge >= 0.3 is 5.97 Å². The summed E-state index contributed by atoms with van der Waals surface area (Å²) in [4.78, 5) is 12.7. The second-order valence-corrected chi connectivity index (χ2v) is 6.31. The van der Waals surface area contributed by atoms with E-state index in [0.717, 1.165) is 30.4 Å². The van der Waals surface area contributed by atoms with Gasteiger partial charge in [0.2, 0.25) is 0 Å². The minimum atomic E-state index is -0.357. The second-order valence-electron chi connectivity index (χ2n) is 6.31. The summed E-state index contributed by atoms with van der Waals surface area (Å²) in [6.07, 6.45) is 3.01. The van der Waals surface area contributed by atoms with Gasteiger partial charge in [0, 0.05) is 0 Å². The van der Waals surface area contributed by atoms with E-state index in [2.05, 4.69) is 0 Å². The molecular formula is C20H20O3. The molecule has 1 aliphatic heterocycles. The van der Waals surface area contributed by atoms with E-state index in [1.807, 2.05) is 60.7 Å². The molecule has 4 rings (SSSR count). The van der Waals surface area contributed by atoms with E-state index in [1.165, 1.54) is 0 Å². The van der Waals surface area contributed by atoms with E-state index in [4.69, 9.17) is 9.47 Å². The minimum Gasteiger partial charge on any atom is -0.452 e. The Morgan fingerprint density at radius 2 is 1.57 bits per heavy atom. The SMILES string of the molecule is O=C(OC(c1ccccc1)c1ccccc1)[C@@H]1CCC[C@H]2O[C@H]21. The lowest BCUT2D eigenvalue weighted by atomic mass is 9.89. The smallest absolute Gasteiger partial charge is 0.312 e. The number of rotatable bonds is 4. The Kier molecular flexibility index (Phi) is 3.88. The first-order valence-electron chi connectivity index (χ1n) is 8.29. The first-order chi connectivity index (χ1) is 11.3. The number of fused-ring (bicyclic) bond motifs is 1. The highest BCUT2D eigenvalue weighted by molar-refractivity contribution is 5.74. The molecule has 2 fully saturated rings. The number of carbonyl (C=O) groups excluding carboxylic acids is 1. The van der Waals surface area contributed by atoms with Crippen LogP contribution in [0.2, 0.25) is 0 Å². The van der Waals surface area contributed by atoms with Crippen molar-refractivity contribution in [3.05, 3.63) is 71.8 Å². The highest BCUT2D eigenvalue weighted by atomic mass is 16.6. The fourth-order valence-corrected chi connectivity index (χ4v) is 3.49. The van der Waals surface area contributed by atoms with Crippen molar-refractivity contribution in [3.63, 3.8) is 0 Å². The summed E-state index contributed by atoms with van der Waals surface area (Å²) in [5.41, 5.74) is 1.99. The van der Waals surface area contributed by atoms with Crippen molar-refractivity contribution in [2.24, 2.45) is 5.92 Å². The van der Waals surface area contributed by atoms with Crippen LogP contribution in [0.3, 0.4) is 0 Å². The summed E-state index contributed by atoms with van der Waals surface area (Å²) in [5.74, 6) is -0.237. The Balaban J connectivity index is 1.57. The number of esters is 1. The van der Waals surface area contributed by atoms with Crippen molar-refractivity contribution in [3.8, 4) is 0 Å². The zero-order valence-electron chi connectivity index (χ0n) is 12.9. The summed E-state index contributed by atoms with van der Waals surface area (Å²) >= 11 is 0. The predicted octanol–water partition coefficient (Wildman–Crippen LogP) is 3.89. The van der Waals surface area contributed by atoms with E-state index in [-0.39, 0.29) is 30.2 Å². The van der Waals surface area contributed by atoms with Crippen molar-refractivity contribution in [1.82, 2.24) is 0 Å². The average molecular weight is 308 g/mol. The maximum Gasteiger partial charge on any atom is 0.312 e. The van der Waals surface area contributed by atoms with Gasteiger partial charge in [0.15, 0.2) is 6.10 Å². The fraction of sp³-hybridized carbons (Fsp3) is 0.350. The Labute approximate surface area is 136 Å². The van der Waals surface area contributed by atoms with Gasteiger partial charge in [-0.3, -0.25) is 4.79 Å². The zero-order valence-corrected chi connectivity index (χ0v) is 12.9. The monoisotopic (exact) mass is 308 g/mol. The van der Waals surface area contributed by atoms with Crippen LogP contribution in [0.15, 0.2) is 60.7 Å². The number of benzene rings is 2. The molecule has 23 heavy (non-hydrogen) atoms. The Morgan fingerprint density at radius 1 is 0.957 bits per heavy atom. The topological polar surface area (TPSA) is 38.8 Å². The van der Waals surface area contributed by atoms with Gasteiger partial charge < -0.3 is 9.47 Å². The molecule has 0 bridgehead atoms. The fourth-order valence-electron chi connectivity index (χ4n) is 3.49. The van der Waals surface area contributed by atoms with E-state index >= 15 is 0 Å². The summed E-state index contributed by atoms with van der Waals surface area (Å²) in [7, 11) is 0. The molecule has 2 aliphatic rings. The van der Waals surface area contributed by atoms with Gasteiger partial charge in [0.1, 0.15) is 0 Å². The van der Waals surface area contributed by atoms with Gasteiger partial charge in [-0.25, -0.2) is 0 Å². The van der Waals surface area contributed by atoms with Crippen molar-refractivity contribution >= 4 is 5.97 Å². The lowest BCUT2D eigenvalue weighted by Gasteiger charge is -2.23. The maximum absolute atomic E-state index is 12.7. The van der Waals surface area contributed by atoms with Crippen LogP contribution >= 0.6 is 0 Å². The van der Waals surface area contributed by atoms with Crippen LogP contribution in [0.25, 0.3) is 0 Å². The number of carbonyl (C=O) groups is 1. The largest absolute Gasteiger partial charge is 0.452 e. The number of hydrogen-bond acceptors (Lipinski definition) is 3. The van der Waals surface area contributed by atoms with Gasteiger partial charge in [-0.05, 0) is 30.4 Å². The number of epoxide rings is 1. The molecule has 1 heterocycles. The molecule has 1 saturated heterocycles. The Hall–Kier alpha value is -2.13. The minimum absolute atomic E-state index is 0.0865. The number of hydrogen-bond donors (Lipinski definition) is 0. The Bertz CT molecular complexity index is 628. The van der Waals surface area contributed by atoms with Crippen LogP contribution < -0.4 is 0 Å². The van der Waals surface area contributed by atoms with Crippen molar-refractivity contribution in [1.29, 1.82) is 0 Å². The maximum atomic E-state index is 12.7. The van der Waals surface area contributed by atoms with Crippen LogP contribution in [-0.4, -0.2) is 18.2 Å². The van der Waals surface area contributed by atoms with Crippen LogP contribution in [-0.2, 0) is 14.3 Å². The quantitative estimate of drug-likeness (QED) is 0.635. The molecular weight excluding hydrogens is 288 g/mol. The molecule has 0 spiro atoms. The van der Waals surface area contributed by atoms with Crippen LogP contribution in [0.4, 0.5) is 0 Å². The van der Waals surface area contributed by atoms with Crippen LogP contribution in [0.5, 0.6) is 0 Å². The molecule has 0 radical (unpaired) electrons. The van der Waals surface area contributed by atoms with Gasteiger partial charge in [-0.2, -0.15) is 0 Å². The normalized spacial score (nSPS) is 25.7. The molecule has 0 unspecified atom stereocenters. The van der Waals surface area contributed by atoms with Gasteiger partial charge in [0.25, 0.3) is 0 Å². The van der Waals surface area contributed by atoms with Crippen LogP contribution in [0, 0.1) is 5.92 Å². The Morgan fingerprint density at radius 3 is 2.17 bits per heavy atom. The van der Waals surface area contributed by atoms with E-state index in [9.17, 15) is 4.79 Å². The van der Waals surface area contributed by atoms with E-state index in [0.29, 0.717) is 0 Å². The molecule has 0 N–H and O–H groups in total. The van der Waals surface area contributed by atoms with Gasteiger partial charge in [0.05, 0.1) is 18.1 Å². The second kappa shape index (κ2) is 6.17. The summed E-state index contributed by atoms with van der Waals surface area (Å²) in [5, 5.41) is 0. The van der Waals surface area contributed by atoms with Gasteiger partial charge in [-0.1, -0.05) is 60.7 Å². The molecule has 0 amide bonds. The van der Waals surface area contributed by atoms with Crippen molar-refractivity contribution < 1.29 is 14.3 Å². The average Bonchev–Trinajstić information content (AvgIpc) is 3.40. The summed E-state index contributed by atoms with van der Waals surface area (Å²) in [6.45, 7) is 0. The standard InChI is InChI=1S/C20H20O3/c21-20(16-12-7-13-17-19(16)22-17)23-18(14-8-3-1-4-9-14)15-10-5-2-6-11-15/h1-6,8-11,16-19H,7,12-13H2/t16-,17-,19+/m1/s1. The molecule has 3 heteroatoms. The predicted molar refractivity (Wildman–Crippen MR) is 86.8 cm³/mol. The van der Waals surface area contributed by atoms with Crippen LogP contribution in [0.1, 0.15) is 36.5 Å². The van der Waals surface area contributed by atoms with Crippen molar-refractivity contribution in [2.45, 2.75) is 37.6 Å². The third-order valence-electron chi connectivity index (χ3n) is 4.76. The molecule has 3 nitrogen and oxygen atoms in total. The molecule has 2 aromatic rings. The zero-order chi connectivity index (χ0) is 15.6. The lowest BCUT2D eigenvalue weighted by Crippen LogP contribution is -2.28. The highest BCUT2D eigenvalue weighted by Gasteiger charge is 2.51. The first-order valence-corrected chi connectivity index (χ1v) is 8.29. The number of ether oxygens (including phenoxy) is 2. The van der Waals surface area contributed by atoms with E-state index < -0.39 is 0 Å². The molecule has 1 saturated carbocycles. The lowest BCUT2D eigenvalue weighted by molar-refractivity contribution is -0.153. The molecule has 0 aromatic heterocycles. The third-order valence-corrected chi connectivity index (χ3v) is 4.76. The summed E-state index contributed by atoms with van der Waals surface area (Å²) in [6, 6.07) is 19.8. The van der Waals surface area contributed by atoms with E-state index in [1.54, 1.807) is 0 Å². The molecule has 3 atom stereocenters. The molecule has 118 valence electrons. The summed E-state index contributed by atoms with van der Waals surface area (Å²) < 4.78 is 11.5. The first kappa shape index (κ1) is 14.5.